The third kappa shape index (κ3) is 8.54. The Labute approximate surface area is 79.0 Å². The molecule has 0 fully saturated rings. The second-order valence-electron chi connectivity index (χ2n) is 3.59. The molecule has 0 aromatic rings. The molecule has 0 aliphatic rings. The first-order valence-corrected chi connectivity index (χ1v) is 6.14. The normalized spacial score (nSPS) is 17.4. The molecule has 0 amide bonds. The van der Waals surface area contributed by atoms with Crippen molar-refractivity contribution < 1.29 is 13.8 Å². The van der Waals surface area contributed by atoms with Gasteiger partial charge in [-0.05, 0) is 38.9 Å². The zero-order chi connectivity index (χ0) is 9.78. The van der Waals surface area contributed by atoms with Crippen LogP contribution in [-0.4, -0.2) is 18.3 Å². The Hall–Kier alpha value is 0.440. The standard InChI is InChI=1S/C7H16ClO3P/c1-6(11-12(8)9)5-10-7(2,3)4/h6,12H,5H2,1-4H3. The van der Waals surface area contributed by atoms with Crippen LogP contribution < -0.4 is 0 Å². The second-order valence-corrected chi connectivity index (χ2v) is 5.23. The fourth-order valence-electron chi connectivity index (χ4n) is 0.560. The SMILES string of the molecule is CC(COC(C)(C)C)O[PH](=O)Cl. The summed E-state index contributed by atoms with van der Waals surface area (Å²) in [5.74, 6) is 0. The summed E-state index contributed by atoms with van der Waals surface area (Å²) in [6.07, 6.45) is -0.215. The van der Waals surface area contributed by atoms with Gasteiger partial charge in [0.05, 0.1) is 18.3 Å². The Morgan fingerprint density at radius 1 is 1.50 bits per heavy atom. The molecule has 0 aromatic carbocycles. The highest BCUT2D eigenvalue weighted by Gasteiger charge is 2.13. The molecule has 0 aliphatic carbocycles. The molecule has 0 aliphatic heterocycles. The van der Waals surface area contributed by atoms with Crippen LogP contribution in [0.3, 0.4) is 0 Å². The van der Waals surface area contributed by atoms with E-state index >= 15 is 0 Å². The van der Waals surface area contributed by atoms with Crippen LogP contribution in [0, 0.1) is 0 Å². The lowest BCUT2D eigenvalue weighted by atomic mass is 10.2. The van der Waals surface area contributed by atoms with Gasteiger partial charge in [0.1, 0.15) is 0 Å². The van der Waals surface area contributed by atoms with E-state index in [-0.39, 0.29) is 11.7 Å². The van der Waals surface area contributed by atoms with E-state index in [1.807, 2.05) is 20.8 Å². The van der Waals surface area contributed by atoms with Crippen LogP contribution in [-0.2, 0) is 13.8 Å². The number of hydrogen-bond acceptors (Lipinski definition) is 3. The Morgan fingerprint density at radius 3 is 2.33 bits per heavy atom. The lowest BCUT2D eigenvalue weighted by Crippen LogP contribution is -2.25. The molecular formula is C7H16ClO3P. The van der Waals surface area contributed by atoms with Gasteiger partial charge >= 0.3 is 0 Å². The first kappa shape index (κ1) is 12.4. The Morgan fingerprint density at radius 2 is 2.00 bits per heavy atom. The van der Waals surface area contributed by atoms with E-state index in [0.717, 1.165) is 0 Å². The topological polar surface area (TPSA) is 35.5 Å². The summed E-state index contributed by atoms with van der Waals surface area (Å²) in [4.78, 5) is 0. The van der Waals surface area contributed by atoms with E-state index in [9.17, 15) is 4.57 Å². The molecule has 0 rings (SSSR count). The molecule has 5 heteroatoms. The van der Waals surface area contributed by atoms with E-state index in [0.29, 0.717) is 6.61 Å². The fourth-order valence-corrected chi connectivity index (χ4v) is 1.40. The monoisotopic (exact) mass is 214 g/mol. The molecule has 2 atom stereocenters. The van der Waals surface area contributed by atoms with Gasteiger partial charge in [-0.1, -0.05) is 0 Å². The van der Waals surface area contributed by atoms with Crippen LogP contribution in [0.2, 0.25) is 0 Å². The van der Waals surface area contributed by atoms with Gasteiger partial charge in [0.25, 0.3) is 7.38 Å². The maximum atomic E-state index is 10.5. The molecular weight excluding hydrogens is 199 g/mol. The van der Waals surface area contributed by atoms with Crippen molar-refractivity contribution in [1.82, 2.24) is 0 Å². The number of halogens is 1. The third-order valence-electron chi connectivity index (χ3n) is 1.04. The lowest BCUT2D eigenvalue weighted by molar-refractivity contribution is -0.0355. The summed E-state index contributed by atoms with van der Waals surface area (Å²) in [6.45, 7) is 8.03. The van der Waals surface area contributed by atoms with Gasteiger partial charge < -0.3 is 9.26 Å². The highest BCUT2D eigenvalue weighted by molar-refractivity contribution is 7.69. The number of hydrogen-bond donors (Lipinski definition) is 0. The maximum absolute atomic E-state index is 10.5. The van der Waals surface area contributed by atoms with E-state index in [1.165, 1.54) is 0 Å². The van der Waals surface area contributed by atoms with E-state index in [2.05, 4.69) is 0 Å². The molecule has 0 bridgehead atoms. The van der Waals surface area contributed by atoms with Gasteiger partial charge in [-0.25, -0.2) is 0 Å². The van der Waals surface area contributed by atoms with E-state index < -0.39 is 7.38 Å². The molecule has 0 saturated carbocycles. The minimum atomic E-state index is -2.36. The largest absolute Gasteiger partial charge is 0.373 e. The maximum Gasteiger partial charge on any atom is 0.279 e. The van der Waals surface area contributed by atoms with Crippen molar-refractivity contribution in [3.63, 3.8) is 0 Å². The van der Waals surface area contributed by atoms with Crippen molar-refractivity contribution in [3.8, 4) is 0 Å². The molecule has 12 heavy (non-hydrogen) atoms. The average Bonchev–Trinajstić information content (AvgIpc) is 1.80. The average molecular weight is 215 g/mol. The van der Waals surface area contributed by atoms with Gasteiger partial charge in [0.15, 0.2) is 0 Å². The predicted octanol–water partition coefficient (Wildman–Crippen LogP) is 2.84. The molecule has 0 heterocycles. The molecule has 0 saturated heterocycles. The van der Waals surface area contributed by atoms with Crippen LogP contribution >= 0.6 is 18.6 Å². The zero-order valence-electron chi connectivity index (χ0n) is 7.89. The first-order chi connectivity index (χ1) is 5.31. The predicted molar refractivity (Wildman–Crippen MR) is 51.1 cm³/mol. The quantitative estimate of drug-likeness (QED) is 0.675. The molecule has 0 N–H and O–H groups in total. The second kappa shape index (κ2) is 5.23. The van der Waals surface area contributed by atoms with Crippen molar-refractivity contribution in [3.05, 3.63) is 0 Å². The Balaban J connectivity index is 3.57. The minimum Gasteiger partial charge on any atom is -0.373 e. The van der Waals surface area contributed by atoms with Gasteiger partial charge in [-0.3, -0.25) is 4.57 Å². The highest BCUT2D eigenvalue weighted by Crippen LogP contribution is 2.29. The van der Waals surface area contributed by atoms with Crippen LogP contribution in [0.15, 0.2) is 0 Å². The molecule has 3 nitrogen and oxygen atoms in total. The van der Waals surface area contributed by atoms with Gasteiger partial charge in [-0.2, -0.15) is 0 Å². The first-order valence-electron chi connectivity index (χ1n) is 3.81. The Kier molecular flexibility index (Phi) is 5.42. The zero-order valence-corrected chi connectivity index (χ0v) is 9.64. The van der Waals surface area contributed by atoms with Gasteiger partial charge in [0.2, 0.25) is 0 Å². The van der Waals surface area contributed by atoms with Crippen LogP contribution in [0.1, 0.15) is 27.7 Å². The van der Waals surface area contributed by atoms with Gasteiger partial charge in [0, 0.05) is 0 Å². The summed E-state index contributed by atoms with van der Waals surface area (Å²) in [7, 11) is -2.36. The summed E-state index contributed by atoms with van der Waals surface area (Å²) in [5.41, 5.74) is -0.195. The lowest BCUT2D eigenvalue weighted by Gasteiger charge is -2.21. The van der Waals surface area contributed by atoms with E-state index in [4.69, 9.17) is 20.5 Å². The van der Waals surface area contributed by atoms with Crippen molar-refractivity contribution in [2.75, 3.05) is 6.61 Å². The highest BCUT2D eigenvalue weighted by atomic mass is 35.7. The van der Waals surface area contributed by atoms with Crippen molar-refractivity contribution in [2.24, 2.45) is 0 Å². The van der Waals surface area contributed by atoms with E-state index in [1.54, 1.807) is 6.92 Å². The summed E-state index contributed by atoms with van der Waals surface area (Å²) in [5, 5.41) is 0. The molecule has 0 aromatic heterocycles. The molecule has 2 unspecified atom stereocenters. The van der Waals surface area contributed by atoms with Crippen LogP contribution in [0.5, 0.6) is 0 Å². The molecule has 0 spiro atoms. The molecule has 0 radical (unpaired) electrons. The van der Waals surface area contributed by atoms with Crippen LogP contribution in [0.4, 0.5) is 0 Å². The smallest absolute Gasteiger partial charge is 0.279 e. The summed E-state index contributed by atoms with van der Waals surface area (Å²) in [6, 6.07) is 0. The number of ether oxygens (including phenoxy) is 1. The summed E-state index contributed by atoms with van der Waals surface area (Å²) < 4.78 is 20.7. The van der Waals surface area contributed by atoms with Crippen molar-refractivity contribution in [2.45, 2.75) is 39.4 Å². The van der Waals surface area contributed by atoms with Crippen LogP contribution in [0.25, 0.3) is 0 Å². The minimum absolute atomic E-state index is 0.195. The van der Waals surface area contributed by atoms with Crippen molar-refractivity contribution >= 4 is 18.6 Å². The summed E-state index contributed by atoms with van der Waals surface area (Å²) >= 11 is 5.19. The molecule has 74 valence electrons. The number of rotatable bonds is 4. The fraction of sp³-hybridized carbons (Fsp3) is 1.00. The van der Waals surface area contributed by atoms with Gasteiger partial charge in [-0.15, -0.1) is 0 Å². The third-order valence-corrected chi connectivity index (χ3v) is 1.90. The van der Waals surface area contributed by atoms with Crippen molar-refractivity contribution in [1.29, 1.82) is 0 Å². The Bertz CT molecular complexity index is 155.